The first-order valence-electron chi connectivity index (χ1n) is 6.54. The molecular weight excluding hydrogens is 329 g/mol. The van der Waals surface area contributed by atoms with E-state index in [1.165, 1.54) is 0 Å². The Morgan fingerprint density at radius 1 is 1.10 bits per heavy atom. The van der Waals surface area contributed by atoms with Crippen molar-refractivity contribution in [1.29, 1.82) is 0 Å². The molecule has 2 aromatic carbocycles. The predicted octanol–water partition coefficient (Wildman–Crippen LogP) is 2.49. The zero-order chi connectivity index (χ0) is 14.5. The molecule has 0 unspecified atom stereocenters. The van der Waals surface area contributed by atoms with Crippen molar-refractivity contribution >= 4 is 30.7 Å². The van der Waals surface area contributed by atoms with Crippen LogP contribution in [0.5, 0.6) is 0 Å². The maximum atomic E-state index is 12.0. The van der Waals surface area contributed by atoms with Gasteiger partial charge in [-0.25, -0.2) is 0 Å². The van der Waals surface area contributed by atoms with E-state index in [2.05, 4.69) is 10.3 Å². The molecule has 0 bridgehead atoms. The molecule has 0 saturated carbocycles. The molecule has 0 aliphatic carbocycles. The predicted molar refractivity (Wildman–Crippen MR) is 83.2 cm³/mol. The van der Waals surface area contributed by atoms with Crippen LogP contribution in [0.15, 0.2) is 65.6 Å². The Morgan fingerprint density at radius 2 is 1.86 bits per heavy atom. The van der Waals surface area contributed by atoms with E-state index < -0.39 is 0 Å². The van der Waals surface area contributed by atoms with Crippen LogP contribution >= 0.6 is 0 Å². The molecule has 0 aliphatic heterocycles. The van der Waals surface area contributed by atoms with E-state index in [9.17, 15) is 4.79 Å². The fourth-order valence-electron chi connectivity index (χ4n) is 1.95. The average Bonchev–Trinajstić information content (AvgIpc) is 2.95. The number of benzene rings is 2. The summed E-state index contributed by atoms with van der Waals surface area (Å²) in [6.45, 7) is 0.629. The molecule has 0 spiro atoms. The molecule has 0 saturated heterocycles. The van der Waals surface area contributed by atoms with Gasteiger partial charge < -0.3 is 0 Å². The fourth-order valence-corrected chi connectivity index (χ4v) is 3.16. The first-order chi connectivity index (χ1) is 10.3. The summed E-state index contributed by atoms with van der Waals surface area (Å²) < 4.78 is 2.01. The molecule has 0 radical (unpaired) electrons. The molecule has 5 heteroatoms. The number of fused-ring (bicyclic) bond motifs is 1. The number of nitrogens with zero attached hydrogens (tertiary/aromatic N) is 3. The third-order valence-corrected chi connectivity index (χ3v) is 4.61. The minimum atomic E-state index is -0.183. The first kappa shape index (κ1) is 13.7. The van der Waals surface area contributed by atoms with Gasteiger partial charge in [0.2, 0.25) is 0 Å². The van der Waals surface area contributed by atoms with E-state index in [-0.39, 0.29) is 19.6 Å². The SMILES string of the molecule is O=C([Se]/C=C/Cn1nnc2ccccc21)c1ccccc1. The third-order valence-electron chi connectivity index (χ3n) is 2.98. The van der Waals surface area contributed by atoms with Gasteiger partial charge in [0, 0.05) is 0 Å². The van der Waals surface area contributed by atoms with Crippen molar-refractivity contribution in [1.82, 2.24) is 15.0 Å². The van der Waals surface area contributed by atoms with Crippen molar-refractivity contribution in [2.24, 2.45) is 0 Å². The summed E-state index contributed by atoms with van der Waals surface area (Å²) >= 11 is -0.183. The summed E-state index contributed by atoms with van der Waals surface area (Å²) in [5.74, 6) is 0. The molecular formula is C16H13N3OSe. The second-order valence-electron chi connectivity index (χ2n) is 4.40. The van der Waals surface area contributed by atoms with Crippen LogP contribution in [0.3, 0.4) is 0 Å². The molecule has 0 fully saturated rings. The topological polar surface area (TPSA) is 47.8 Å². The Morgan fingerprint density at radius 3 is 2.71 bits per heavy atom. The number of hydrogen-bond donors (Lipinski definition) is 0. The Bertz CT molecular complexity index is 780. The molecule has 3 aromatic rings. The molecule has 1 aromatic heterocycles. The first-order valence-corrected chi connectivity index (χ1v) is 8.38. The number of rotatable bonds is 5. The van der Waals surface area contributed by atoms with Crippen LogP contribution in [0, 0.1) is 0 Å². The van der Waals surface area contributed by atoms with Crippen molar-refractivity contribution in [3.8, 4) is 0 Å². The van der Waals surface area contributed by atoms with Crippen molar-refractivity contribution in [2.75, 3.05) is 0 Å². The number of allylic oxidation sites excluding steroid dienone is 1. The van der Waals surface area contributed by atoms with Crippen molar-refractivity contribution < 1.29 is 4.79 Å². The number of hydrogen-bond acceptors (Lipinski definition) is 3. The molecule has 0 atom stereocenters. The Balaban J connectivity index is 1.61. The van der Waals surface area contributed by atoms with Crippen LogP contribution in [0.4, 0.5) is 0 Å². The van der Waals surface area contributed by atoms with Crippen molar-refractivity contribution in [2.45, 2.75) is 6.54 Å². The second kappa shape index (κ2) is 6.48. The molecule has 21 heavy (non-hydrogen) atoms. The van der Waals surface area contributed by atoms with Gasteiger partial charge in [0.25, 0.3) is 0 Å². The molecule has 0 aliphatic rings. The molecule has 1 heterocycles. The summed E-state index contributed by atoms with van der Waals surface area (Å²) in [6.07, 6.45) is 1.97. The van der Waals surface area contributed by atoms with Gasteiger partial charge in [-0.2, -0.15) is 0 Å². The quantitative estimate of drug-likeness (QED) is 0.670. The van der Waals surface area contributed by atoms with E-state index in [1.54, 1.807) is 0 Å². The van der Waals surface area contributed by atoms with Gasteiger partial charge in [-0.1, -0.05) is 0 Å². The van der Waals surface area contributed by atoms with Gasteiger partial charge >= 0.3 is 128 Å². The standard InChI is InChI=1S/C16H13N3OSe/c20-16(13-7-2-1-3-8-13)21-12-6-11-19-15-10-5-4-9-14(15)17-18-19/h1-10,12H,11H2/b12-6+. The maximum absolute atomic E-state index is 12.0. The molecule has 0 N–H and O–H groups in total. The summed E-state index contributed by atoms with van der Waals surface area (Å²) in [7, 11) is 0. The van der Waals surface area contributed by atoms with Gasteiger partial charge in [-0.15, -0.1) is 0 Å². The number of para-hydroxylation sites is 1. The third kappa shape index (κ3) is 3.27. The summed E-state index contributed by atoms with van der Waals surface area (Å²) in [6, 6.07) is 17.2. The Labute approximate surface area is 128 Å². The molecule has 3 rings (SSSR count). The van der Waals surface area contributed by atoms with Crippen LogP contribution < -0.4 is 0 Å². The van der Waals surface area contributed by atoms with E-state index in [0.29, 0.717) is 6.54 Å². The zero-order valence-electron chi connectivity index (χ0n) is 11.2. The van der Waals surface area contributed by atoms with Crippen LogP contribution in [-0.4, -0.2) is 34.6 Å². The summed E-state index contributed by atoms with van der Waals surface area (Å²) in [5, 5.41) is 8.20. The van der Waals surface area contributed by atoms with Crippen LogP contribution in [-0.2, 0) is 6.54 Å². The van der Waals surface area contributed by atoms with Gasteiger partial charge in [0.15, 0.2) is 0 Å². The van der Waals surface area contributed by atoms with Gasteiger partial charge in [-0.05, 0) is 0 Å². The molecule has 0 amide bonds. The van der Waals surface area contributed by atoms with Gasteiger partial charge in [-0.3, -0.25) is 0 Å². The fraction of sp³-hybridized carbons (Fsp3) is 0.0625. The Hall–Kier alpha value is -2.23. The summed E-state index contributed by atoms with van der Waals surface area (Å²) in [5.41, 5.74) is 2.66. The number of carbonyl (C=O) groups excluding carboxylic acids is 1. The monoisotopic (exact) mass is 343 g/mol. The Kier molecular flexibility index (Phi) is 4.24. The van der Waals surface area contributed by atoms with E-state index >= 15 is 0 Å². The van der Waals surface area contributed by atoms with Crippen LogP contribution in [0.1, 0.15) is 10.4 Å². The number of carbonyl (C=O) groups is 1. The van der Waals surface area contributed by atoms with Gasteiger partial charge in [0.05, 0.1) is 0 Å². The minimum absolute atomic E-state index is 0.183. The van der Waals surface area contributed by atoms with Crippen molar-refractivity contribution in [3.63, 3.8) is 0 Å². The van der Waals surface area contributed by atoms with E-state index in [4.69, 9.17) is 0 Å². The normalized spacial score (nSPS) is 11.2. The second-order valence-corrected chi connectivity index (χ2v) is 6.25. The molecule has 4 nitrogen and oxygen atoms in total. The van der Waals surface area contributed by atoms with E-state index in [1.807, 2.05) is 70.3 Å². The van der Waals surface area contributed by atoms with Crippen LogP contribution in [0.2, 0.25) is 0 Å². The van der Waals surface area contributed by atoms with Crippen molar-refractivity contribution in [3.05, 3.63) is 71.2 Å². The van der Waals surface area contributed by atoms with E-state index in [0.717, 1.165) is 16.6 Å². The summed E-state index contributed by atoms with van der Waals surface area (Å²) in [4.78, 5) is 13.9. The zero-order valence-corrected chi connectivity index (χ0v) is 12.9. The average molecular weight is 342 g/mol. The molecule has 104 valence electrons. The number of aromatic nitrogens is 3. The van der Waals surface area contributed by atoms with Gasteiger partial charge in [0.1, 0.15) is 0 Å². The van der Waals surface area contributed by atoms with Crippen LogP contribution in [0.25, 0.3) is 11.0 Å².